The summed E-state index contributed by atoms with van der Waals surface area (Å²) in [6, 6.07) is 13.0. The van der Waals surface area contributed by atoms with Crippen LogP contribution in [0.5, 0.6) is 0 Å². The van der Waals surface area contributed by atoms with Crippen molar-refractivity contribution in [3.63, 3.8) is 0 Å². The highest BCUT2D eigenvalue weighted by atomic mass is 32.2. The van der Waals surface area contributed by atoms with Crippen LogP contribution in [0, 0.1) is 5.82 Å². The molecule has 0 radical (unpaired) electrons. The molecule has 2 aromatic carbocycles. The minimum absolute atomic E-state index is 0.121. The van der Waals surface area contributed by atoms with Gasteiger partial charge in [-0.2, -0.15) is 0 Å². The normalized spacial score (nSPS) is 13.1. The van der Waals surface area contributed by atoms with E-state index in [4.69, 9.17) is 4.42 Å². The maximum absolute atomic E-state index is 14.2. The zero-order valence-electron chi connectivity index (χ0n) is 13.2. The number of rotatable bonds is 5. The van der Waals surface area contributed by atoms with E-state index in [0.717, 1.165) is 17.0 Å². The number of para-hydroxylation sites is 1. The van der Waals surface area contributed by atoms with Gasteiger partial charge in [0.05, 0.1) is 16.6 Å². The number of fused-ring (bicyclic) bond motifs is 1. The van der Waals surface area contributed by atoms with Crippen molar-refractivity contribution in [1.29, 1.82) is 0 Å². The van der Waals surface area contributed by atoms with Gasteiger partial charge in [-0.1, -0.05) is 18.2 Å². The molecule has 3 rings (SSSR count). The predicted molar refractivity (Wildman–Crippen MR) is 90.9 cm³/mol. The monoisotopic (exact) mass is 348 g/mol. The Bertz CT molecular complexity index is 949. The Kier molecular flexibility index (Phi) is 4.29. The van der Waals surface area contributed by atoms with Crippen molar-refractivity contribution in [3.05, 3.63) is 60.1 Å². The van der Waals surface area contributed by atoms with Gasteiger partial charge in [0, 0.05) is 5.39 Å². The smallest absolute Gasteiger partial charge is 0.240 e. The molecule has 1 atom stereocenters. The Labute approximate surface area is 139 Å². The van der Waals surface area contributed by atoms with Gasteiger partial charge in [-0.15, -0.1) is 0 Å². The van der Waals surface area contributed by atoms with Crippen molar-refractivity contribution >= 4 is 26.7 Å². The van der Waals surface area contributed by atoms with Crippen LogP contribution in [0.1, 0.15) is 18.7 Å². The van der Waals surface area contributed by atoms with Gasteiger partial charge >= 0.3 is 0 Å². The summed E-state index contributed by atoms with van der Waals surface area (Å²) in [5, 5.41) is 3.97. The van der Waals surface area contributed by atoms with Crippen molar-refractivity contribution in [2.75, 3.05) is 12.4 Å². The molecule has 0 aliphatic carbocycles. The SMILES string of the molecule is CNS(=O)(=O)c1ccc(N[C@H](C)c2cc3ccccc3o2)c(F)c1. The zero-order chi connectivity index (χ0) is 17.3. The van der Waals surface area contributed by atoms with E-state index in [1.807, 2.05) is 37.3 Å². The highest BCUT2D eigenvalue weighted by Gasteiger charge is 2.17. The zero-order valence-corrected chi connectivity index (χ0v) is 14.0. The number of hydrogen-bond donors (Lipinski definition) is 2. The maximum atomic E-state index is 14.2. The average Bonchev–Trinajstić information content (AvgIpc) is 3.00. The van der Waals surface area contributed by atoms with Gasteiger partial charge in [0.15, 0.2) is 0 Å². The van der Waals surface area contributed by atoms with Gasteiger partial charge in [0.1, 0.15) is 17.2 Å². The van der Waals surface area contributed by atoms with Crippen molar-refractivity contribution in [2.24, 2.45) is 0 Å². The van der Waals surface area contributed by atoms with Crippen molar-refractivity contribution < 1.29 is 17.2 Å². The molecule has 5 nitrogen and oxygen atoms in total. The molecule has 0 saturated heterocycles. The van der Waals surface area contributed by atoms with E-state index in [1.165, 1.54) is 19.2 Å². The fraction of sp³-hybridized carbons (Fsp3) is 0.176. The lowest BCUT2D eigenvalue weighted by atomic mass is 10.2. The fourth-order valence-corrected chi connectivity index (χ4v) is 3.16. The average molecular weight is 348 g/mol. The van der Waals surface area contributed by atoms with Crippen LogP contribution in [-0.4, -0.2) is 15.5 Å². The van der Waals surface area contributed by atoms with Gasteiger partial charge in [0.25, 0.3) is 0 Å². The number of anilines is 1. The van der Waals surface area contributed by atoms with Gasteiger partial charge in [-0.05, 0) is 44.3 Å². The Hall–Kier alpha value is -2.38. The number of benzene rings is 2. The molecule has 0 aliphatic heterocycles. The lowest BCUT2D eigenvalue weighted by Crippen LogP contribution is -2.19. The molecule has 0 aliphatic rings. The molecule has 0 fully saturated rings. The maximum Gasteiger partial charge on any atom is 0.240 e. The summed E-state index contributed by atoms with van der Waals surface area (Å²) in [5.74, 6) is 0.0248. The van der Waals surface area contributed by atoms with Crippen molar-refractivity contribution in [2.45, 2.75) is 17.9 Å². The van der Waals surface area contributed by atoms with E-state index in [1.54, 1.807) is 0 Å². The molecule has 0 saturated carbocycles. The molecule has 24 heavy (non-hydrogen) atoms. The third-order valence-electron chi connectivity index (χ3n) is 3.76. The molecule has 1 aromatic heterocycles. The molecular weight excluding hydrogens is 331 g/mol. The van der Waals surface area contributed by atoms with Crippen LogP contribution in [0.15, 0.2) is 57.8 Å². The number of sulfonamides is 1. The number of furan rings is 1. The van der Waals surface area contributed by atoms with Crippen LogP contribution in [-0.2, 0) is 10.0 Å². The summed E-state index contributed by atoms with van der Waals surface area (Å²) in [7, 11) is -2.39. The minimum Gasteiger partial charge on any atom is -0.459 e. The predicted octanol–water partition coefficient (Wildman–Crippen LogP) is 3.65. The van der Waals surface area contributed by atoms with Crippen LogP contribution in [0.25, 0.3) is 11.0 Å². The molecule has 126 valence electrons. The van der Waals surface area contributed by atoms with E-state index >= 15 is 0 Å². The van der Waals surface area contributed by atoms with Gasteiger partial charge < -0.3 is 9.73 Å². The highest BCUT2D eigenvalue weighted by molar-refractivity contribution is 7.89. The van der Waals surface area contributed by atoms with Crippen LogP contribution in [0.2, 0.25) is 0 Å². The highest BCUT2D eigenvalue weighted by Crippen LogP contribution is 2.28. The Morgan fingerprint density at radius 1 is 1.12 bits per heavy atom. The van der Waals surface area contributed by atoms with E-state index < -0.39 is 15.8 Å². The number of nitrogens with one attached hydrogen (secondary N) is 2. The molecule has 0 amide bonds. The van der Waals surface area contributed by atoms with Crippen LogP contribution >= 0.6 is 0 Å². The Morgan fingerprint density at radius 3 is 2.54 bits per heavy atom. The topological polar surface area (TPSA) is 71.3 Å². The summed E-state index contributed by atoms with van der Waals surface area (Å²) in [6.45, 7) is 1.84. The summed E-state index contributed by atoms with van der Waals surface area (Å²) >= 11 is 0. The quantitative estimate of drug-likeness (QED) is 0.738. The molecule has 3 aromatic rings. The second kappa shape index (κ2) is 6.26. The summed E-state index contributed by atoms with van der Waals surface area (Å²) < 4.78 is 45.5. The van der Waals surface area contributed by atoms with E-state index in [9.17, 15) is 12.8 Å². The minimum atomic E-state index is -3.67. The molecule has 7 heteroatoms. The summed E-state index contributed by atoms with van der Waals surface area (Å²) in [5.41, 5.74) is 0.968. The molecule has 0 bridgehead atoms. The van der Waals surface area contributed by atoms with E-state index in [2.05, 4.69) is 10.0 Å². The molecule has 1 heterocycles. The van der Waals surface area contributed by atoms with E-state index in [0.29, 0.717) is 5.76 Å². The lowest BCUT2D eigenvalue weighted by molar-refractivity contribution is 0.524. The fourth-order valence-electron chi connectivity index (χ4n) is 2.42. The Balaban J connectivity index is 1.85. The summed E-state index contributed by atoms with van der Waals surface area (Å²) in [6.07, 6.45) is 0. The van der Waals surface area contributed by atoms with Crippen LogP contribution in [0.4, 0.5) is 10.1 Å². The third-order valence-corrected chi connectivity index (χ3v) is 5.17. The number of halogens is 1. The number of hydrogen-bond acceptors (Lipinski definition) is 4. The van der Waals surface area contributed by atoms with Gasteiger partial charge in [-0.3, -0.25) is 0 Å². The lowest BCUT2D eigenvalue weighted by Gasteiger charge is -2.14. The molecule has 2 N–H and O–H groups in total. The first-order chi connectivity index (χ1) is 11.4. The molecular formula is C17H17FN2O3S. The molecule has 0 unspecified atom stereocenters. The largest absolute Gasteiger partial charge is 0.459 e. The third kappa shape index (κ3) is 3.13. The van der Waals surface area contributed by atoms with E-state index in [-0.39, 0.29) is 16.6 Å². The summed E-state index contributed by atoms with van der Waals surface area (Å²) in [4.78, 5) is -0.121. The standard InChI is InChI=1S/C17H17FN2O3S/c1-11(17-9-12-5-3-4-6-16(12)23-17)20-15-8-7-13(10-14(15)18)24(21,22)19-2/h3-11,19-20H,1-2H3/t11-/m1/s1. The van der Waals surface area contributed by atoms with Crippen LogP contribution < -0.4 is 10.0 Å². The van der Waals surface area contributed by atoms with Gasteiger partial charge in [-0.25, -0.2) is 17.5 Å². The van der Waals surface area contributed by atoms with Gasteiger partial charge in [0.2, 0.25) is 10.0 Å². The van der Waals surface area contributed by atoms with Crippen molar-refractivity contribution in [3.8, 4) is 0 Å². The first-order valence-electron chi connectivity index (χ1n) is 7.39. The van der Waals surface area contributed by atoms with Crippen molar-refractivity contribution in [1.82, 2.24) is 4.72 Å². The van der Waals surface area contributed by atoms with Crippen LogP contribution in [0.3, 0.4) is 0 Å². The first-order valence-corrected chi connectivity index (χ1v) is 8.87. The Morgan fingerprint density at radius 2 is 1.88 bits per heavy atom. The second-order valence-electron chi connectivity index (χ2n) is 5.40. The first kappa shape index (κ1) is 16.5. The molecule has 0 spiro atoms. The second-order valence-corrected chi connectivity index (χ2v) is 7.29.